The molecule has 0 fully saturated rings. The molecular weight excluding hydrogens is 437 g/mol. The van der Waals surface area contributed by atoms with Gasteiger partial charge in [0.25, 0.3) is 0 Å². The third-order valence-corrected chi connectivity index (χ3v) is 7.03. The van der Waals surface area contributed by atoms with Crippen LogP contribution >= 0.6 is 11.3 Å². The zero-order valence-electron chi connectivity index (χ0n) is 18.1. The molecule has 6 heteroatoms. The van der Waals surface area contributed by atoms with Crippen molar-refractivity contribution in [2.24, 2.45) is 0 Å². The van der Waals surface area contributed by atoms with Gasteiger partial charge in [0.15, 0.2) is 0 Å². The number of aromatic carboxylic acids is 1. The molecule has 5 rings (SSSR count). The highest BCUT2D eigenvalue weighted by atomic mass is 32.1. The fourth-order valence-electron chi connectivity index (χ4n) is 4.01. The highest BCUT2D eigenvalue weighted by Gasteiger charge is 2.20. The first-order chi connectivity index (χ1) is 15.9. The molecule has 4 nitrogen and oxygen atoms in total. The van der Waals surface area contributed by atoms with Crippen molar-refractivity contribution in [2.75, 3.05) is 0 Å². The number of thiophene rings is 1. The van der Waals surface area contributed by atoms with Gasteiger partial charge in [-0.3, -0.25) is 0 Å². The number of halogens is 1. The summed E-state index contributed by atoms with van der Waals surface area (Å²) in [6.07, 6.45) is 0. The third-order valence-electron chi connectivity index (χ3n) is 5.74. The Bertz CT molecular complexity index is 1520. The van der Waals surface area contributed by atoms with E-state index in [9.17, 15) is 14.3 Å². The molecule has 0 aliphatic carbocycles. The second kappa shape index (κ2) is 8.30. The first-order valence-electron chi connectivity index (χ1n) is 10.5. The lowest BCUT2D eigenvalue weighted by Crippen LogP contribution is -2.04. The Balaban J connectivity index is 1.65. The van der Waals surface area contributed by atoms with Crippen molar-refractivity contribution in [3.8, 4) is 16.3 Å². The molecule has 0 unspecified atom stereocenters. The minimum Gasteiger partial charge on any atom is -0.488 e. The average Bonchev–Trinajstić information content (AvgIpc) is 3.16. The monoisotopic (exact) mass is 457 g/mol. The molecule has 5 aromatic rings. The molecule has 2 aromatic heterocycles. The van der Waals surface area contributed by atoms with Crippen molar-refractivity contribution in [1.82, 2.24) is 4.98 Å². The number of hydrogen-bond donors (Lipinski definition) is 1. The van der Waals surface area contributed by atoms with Gasteiger partial charge in [-0.2, -0.15) is 0 Å². The molecule has 33 heavy (non-hydrogen) atoms. The standard InChI is InChI=1S/C27H20FNO3S/c1-15-7-12-22(32-14-17-8-10-18(28)11-9-17)24-20(27(30)31)13-21(29-25(15)24)26-16(2)19-5-3-4-6-23(19)33-26/h3-13H,14H2,1-2H3,(H,30,31). The van der Waals surface area contributed by atoms with Crippen LogP contribution in [0.2, 0.25) is 0 Å². The number of nitrogens with zero attached hydrogens (tertiary/aromatic N) is 1. The van der Waals surface area contributed by atoms with Crippen LogP contribution in [0.3, 0.4) is 0 Å². The molecule has 3 aromatic carbocycles. The number of rotatable bonds is 5. The smallest absolute Gasteiger partial charge is 0.336 e. The zero-order chi connectivity index (χ0) is 23.1. The largest absolute Gasteiger partial charge is 0.488 e. The maximum atomic E-state index is 13.2. The summed E-state index contributed by atoms with van der Waals surface area (Å²) in [5, 5.41) is 11.7. The van der Waals surface area contributed by atoms with Crippen molar-refractivity contribution in [3.63, 3.8) is 0 Å². The second-order valence-corrected chi connectivity index (χ2v) is 8.98. The summed E-state index contributed by atoms with van der Waals surface area (Å²) >= 11 is 1.61. The molecule has 0 saturated heterocycles. The Labute approximate surface area is 193 Å². The molecule has 2 heterocycles. The van der Waals surface area contributed by atoms with Gasteiger partial charge in [-0.15, -0.1) is 11.3 Å². The normalized spacial score (nSPS) is 11.2. The van der Waals surface area contributed by atoms with Crippen LogP contribution in [0.5, 0.6) is 5.75 Å². The Morgan fingerprint density at radius 2 is 1.82 bits per heavy atom. The molecule has 0 aliphatic rings. The number of ether oxygens (including phenoxy) is 1. The van der Waals surface area contributed by atoms with Crippen LogP contribution in [-0.2, 0) is 6.61 Å². The number of pyridine rings is 1. The number of fused-ring (bicyclic) bond motifs is 2. The highest BCUT2D eigenvalue weighted by Crippen LogP contribution is 2.40. The van der Waals surface area contributed by atoms with Gasteiger partial charge in [-0.25, -0.2) is 14.2 Å². The molecule has 0 amide bonds. The van der Waals surface area contributed by atoms with E-state index in [0.717, 1.165) is 31.7 Å². The van der Waals surface area contributed by atoms with Crippen molar-refractivity contribution >= 4 is 38.3 Å². The summed E-state index contributed by atoms with van der Waals surface area (Å²) in [4.78, 5) is 18.2. The number of aryl methyl sites for hydroxylation is 2. The predicted octanol–water partition coefficient (Wildman–Crippen LogP) is 7.15. The molecule has 0 radical (unpaired) electrons. The topological polar surface area (TPSA) is 59.4 Å². The quantitative estimate of drug-likeness (QED) is 0.304. The van der Waals surface area contributed by atoms with E-state index in [1.807, 2.05) is 32.0 Å². The van der Waals surface area contributed by atoms with Gasteiger partial charge < -0.3 is 9.84 Å². The van der Waals surface area contributed by atoms with Crippen molar-refractivity contribution in [1.29, 1.82) is 0 Å². The van der Waals surface area contributed by atoms with Gasteiger partial charge in [0.2, 0.25) is 0 Å². The van der Waals surface area contributed by atoms with E-state index in [0.29, 0.717) is 22.3 Å². The lowest BCUT2D eigenvalue weighted by Gasteiger charge is -2.14. The number of aromatic nitrogens is 1. The van der Waals surface area contributed by atoms with Gasteiger partial charge in [0.1, 0.15) is 18.2 Å². The van der Waals surface area contributed by atoms with Gasteiger partial charge in [0, 0.05) is 4.70 Å². The summed E-state index contributed by atoms with van der Waals surface area (Å²) in [6.45, 7) is 4.14. The summed E-state index contributed by atoms with van der Waals surface area (Å²) in [5.41, 5.74) is 4.11. The summed E-state index contributed by atoms with van der Waals surface area (Å²) in [5.74, 6) is -0.926. The Morgan fingerprint density at radius 3 is 2.55 bits per heavy atom. The van der Waals surface area contributed by atoms with Crippen LogP contribution in [0.15, 0.2) is 66.7 Å². The molecule has 0 saturated carbocycles. The van der Waals surface area contributed by atoms with E-state index in [1.165, 1.54) is 12.1 Å². The fraction of sp³-hybridized carbons (Fsp3) is 0.111. The first kappa shape index (κ1) is 21.1. The molecule has 164 valence electrons. The maximum Gasteiger partial charge on any atom is 0.336 e. The van der Waals surface area contributed by atoms with Crippen LogP contribution in [-0.4, -0.2) is 16.1 Å². The lowest BCUT2D eigenvalue weighted by molar-refractivity contribution is 0.0698. The Hall–Kier alpha value is -3.77. The number of carbonyl (C=O) groups is 1. The highest BCUT2D eigenvalue weighted by molar-refractivity contribution is 7.22. The van der Waals surface area contributed by atoms with Crippen molar-refractivity contribution < 1.29 is 19.0 Å². The number of carboxylic acid groups (broad SMARTS) is 1. The number of hydrogen-bond acceptors (Lipinski definition) is 4. The Kier molecular flexibility index (Phi) is 5.30. The van der Waals surface area contributed by atoms with E-state index >= 15 is 0 Å². The van der Waals surface area contributed by atoms with Crippen LogP contribution < -0.4 is 4.74 Å². The van der Waals surface area contributed by atoms with Gasteiger partial charge in [-0.05, 0) is 66.3 Å². The molecule has 1 N–H and O–H groups in total. The SMILES string of the molecule is Cc1c(-c2cc(C(=O)O)c3c(OCc4ccc(F)cc4)ccc(C)c3n2)sc2ccccc12. The summed E-state index contributed by atoms with van der Waals surface area (Å²) in [6, 6.07) is 19.4. The molecular formula is C27H20FNO3S. The van der Waals surface area contributed by atoms with Crippen molar-refractivity contribution in [3.05, 3.63) is 94.8 Å². The van der Waals surface area contributed by atoms with E-state index in [1.54, 1.807) is 35.6 Å². The van der Waals surface area contributed by atoms with Gasteiger partial charge in [0.05, 0.1) is 27.0 Å². The van der Waals surface area contributed by atoms with Crippen LogP contribution in [0, 0.1) is 19.7 Å². The lowest BCUT2D eigenvalue weighted by atomic mass is 10.0. The van der Waals surface area contributed by atoms with Crippen LogP contribution in [0.4, 0.5) is 4.39 Å². The van der Waals surface area contributed by atoms with E-state index in [-0.39, 0.29) is 18.0 Å². The van der Waals surface area contributed by atoms with Gasteiger partial charge in [-0.1, -0.05) is 36.4 Å². The average molecular weight is 458 g/mol. The summed E-state index contributed by atoms with van der Waals surface area (Å²) in [7, 11) is 0. The molecule has 0 atom stereocenters. The van der Waals surface area contributed by atoms with E-state index in [2.05, 4.69) is 12.1 Å². The zero-order valence-corrected chi connectivity index (χ0v) is 18.9. The van der Waals surface area contributed by atoms with Crippen LogP contribution in [0.1, 0.15) is 27.0 Å². The van der Waals surface area contributed by atoms with Crippen molar-refractivity contribution in [2.45, 2.75) is 20.5 Å². The first-order valence-corrected chi connectivity index (χ1v) is 11.3. The molecule has 0 aliphatic heterocycles. The molecule has 0 bridgehead atoms. The van der Waals surface area contributed by atoms with E-state index in [4.69, 9.17) is 9.72 Å². The van der Waals surface area contributed by atoms with Gasteiger partial charge >= 0.3 is 5.97 Å². The Morgan fingerprint density at radius 1 is 1.06 bits per heavy atom. The summed E-state index contributed by atoms with van der Waals surface area (Å²) < 4.78 is 20.3. The second-order valence-electron chi connectivity index (χ2n) is 7.93. The third kappa shape index (κ3) is 3.83. The fourth-order valence-corrected chi connectivity index (χ4v) is 5.18. The van der Waals surface area contributed by atoms with Crippen LogP contribution in [0.25, 0.3) is 31.6 Å². The molecule has 0 spiro atoms. The number of benzene rings is 3. The maximum absolute atomic E-state index is 13.2. The predicted molar refractivity (Wildman–Crippen MR) is 130 cm³/mol. The minimum atomic E-state index is -1.04. The minimum absolute atomic E-state index is 0.143. The van der Waals surface area contributed by atoms with E-state index < -0.39 is 5.97 Å². The number of carboxylic acids is 1.